The average Bonchev–Trinajstić information content (AvgIpc) is 3.13. The number of carbonyl (C=O) groups excluding carboxylic acids is 1. The first-order valence-electron chi connectivity index (χ1n) is 10.7. The number of fused-ring (bicyclic) bond motifs is 1. The second-order valence-corrected chi connectivity index (χ2v) is 8.55. The van der Waals surface area contributed by atoms with Crippen molar-refractivity contribution in [2.24, 2.45) is 7.05 Å². The van der Waals surface area contributed by atoms with Gasteiger partial charge in [-0.3, -0.25) is 4.79 Å². The third-order valence-corrected chi connectivity index (χ3v) is 5.80. The molecule has 0 atom stereocenters. The molecular formula is C23H20Cl2F3N7O. The smallest absolute Gasteiger partial charge is 0.336 e. The fraction of sp³-hybridized carbons (Fsp3) is 0.217. The average molecular weight is 538 g/mol. The molecule has 0 radical (unpaired) electrons. The Hall–Kier alpha value is -3.57. The molecule has 13 heteroatoms. The van der Waals surface area contributed by atoms with Crippen molar-refractivity contribution >= 4 is 57.6 Å². The van der Waals surface area contributed by atoms with E-state index in [-0.39, 0.29) is 25.5 Å². The predicted molar refractivity (Wildman–Crippen MR) is 133 cm³/mol. The van der Waals surface area contributed by atoms with Crippen LogP contribution in [-0.4, -0.2) is 49.8 Å². The largest absolute Gasteiger partial charge is 0.471 e. The van der Waals surface area contributed by atoms with Gasteiger partial charge in [-0.05, 0) is 30.7 Å². The number of rotatable bonds is 4. The highest BCUT2D eigenvalue weighted by molar-refractivity contribution is 6.39. The summed E-state index contributed by atoms with van der Waals surface area (Å²) in [6.45, 7) is -0.224. The molecule has 1 aliphatic heterocycles. The van der Waals surface area contributed by atoms with Gasteiger partial charge < -0.3 is 15.5 Å². The van der Waals surface area contributed by atoms with Gasteiger partial charge in [0.2, 0.25) is 5.95 Å². The lowest BCUT2D eigenvalue weighted by atomic mass is 10.2. The van der Waals surface area contributed by atoms with Crippen LogP contribution in [0.4, 0.5) is 30.6 Å². The molecule has 36 heavy (non-hydrogen) atoms. The molecule has 2 N–H and O–H groups in total. The van der Waals surface area contributed by atoms with Gasteiger partial charge in [-0.25, -0.2) is 9.67 Å². The van der Waals surface area contributed by atoms with E-state index in [1.807, 2.05) is 0 Å². The van der Waals surface area contributed by atoms with E-state index >= 15 is 0 Å². The zero-order valence-electron chi connectivity index (χ0n) is 18.9. The van der Waals surface area contributed by atoms with Gasteiger partial charge in [0.1, 0.15) is 0 Å². The van der Waals surface area contributed by atoms with E-state index in [1.165, 1.54) is 6.08 Å². The minimum atomic E-state index is -4.92. The molecular weight excluding hydrogens is 518 g/mol. The molecule has 1 aliphatic rings. The van der Waals surface area contributed by atoms with E-state index in [1.54, 1.807) is 60.4 Å². The lowest BCUT2D eigenvalue weighted by molar-refractivity contribution is -0.184. The fourth-order valence-electron chi connectivity index (χ4n) is 3.45. The molecule has 0 aliphatic carbocycles. The highest BCUT2D eigenvalue weighted by atomic mass is 35.5. The van der Waals surface area contributed by atoms with E-state index in [2.05, 4.69) is 25.7 Å². The molecule has 1 aromatic carbocycles. The number of anilines is 3. The lowest BCUT2D eigenvalue weighted by Gasteiger charge is -2.22. The number of para-hydroxylation sites is 1. The zero-order valence-corrected chi connectivity index (χ0v) is 20.4. The van der Waals surface area contributed by atoms with Gasteiger partial charge in [-0.2, -0.15) is 23.3 Å². The van der Waals surface area contributed by atoms with Gasteiger partial charge in [0.25, 0.3) is 0 Å². The Morgan fingerprint density at radius 1 is 1.14 bits per heavy atom. The summed E-state index contributed by atoms with van der Waals surface area (Å²) in [7, 11) is 1.72. The molecule has 0 saturated heterocycles. The van der Waals surface area contributed by atoms with Crippen LogP contribution in [0.2, 0.25) is 10.0 Å². The first-order chi connectivity index (χ1) is 17.1. The molecule has 0 saturated carbocycles. The van der Waals surface area contributed by atoms with Crippen molar-refractivity contribution in [3.05, 3.63) is 70.5 Å². The maximum absolute atomic E-state index is 12.8. The molecule has 0 spiro atoms. The van der Waals surface area contributed by atoms with E-state index in [9.17, 15) is 18.0 Å². The molecule has 0 bridgehead atoms. The second kappa shape index (κ2) is 10.6. The van der Waals surface area contributed by atoms with E-state index < -0.39 is 12.1 Å². The van der Waals surface area contributed by atoms with Gasteiger partial charge in [0.05, 0.1) is 21.1 Å². The van der Waals surface area contributed by atoms with Crippen LogP contribution in [0, 0.1) is 0 Å². The molecule has 4 rings (SSSR count). The van der Waals surface area contributed by atoms with Crippen molar-refractivity contribution in [2.75, 3.05) is 23.7 Å². The topological polar surface area (TPSA) is 88.0 Å². The number of hydrogen-bond donors (Lipinski definition) is 2. The number of aromatic nitrogens is 4. The van der Waals surface area contributed by atoms with Crippen molar-refractivity contribution in [2.45, 2.75) is 12.6 Å². The first kappa shape index (κ1) is 25.5. The van der Waals surface area contributed by atoms with Crippen LogP contribution in [-0.2, 0) is 11.8 Å². The standard InChI is InChI=1S/C23H20Cl2F3N7O/c1-34-20-15(19(33-34)31-18-16(24)9-5-10-17(18)25)13-29-22(32-20)30-14-7-3-2-4-11-35(12-6-8-14)21(36)23(26,27)28/h2-3,5-10,13H,4,11-12H2,1H3,(H,31,33)(H,29,30,32)/b3-2+,8-6+,14-7+. The van der Waals surface area contributed by atoms with E-state index in [4.69, 9.17) is 23.2 Å². The van der Waals surface area contributed by atoms with Crippen LogP contribution >= 0.6 is 23.2 Å². The van der Waals surface area contributed by atoms with Crippen molar-refractivity contribution in [3.8, 4) is 0 Å². The van der Waals surface area contributed by atoms with E-state index in [0.717, 1.165) is 4.90 Å². The normalized spacial score (nSPS) is 17.8. The minimum absolute atomic E-state index is 0.0359. The number of hydrogen-bond acceptors (Lipinski definition) is 6. The van der Waals surface area contributed by atoms with Gasteiger partial charge in [0.15, 0.2) is 11.5 Å². The Morgan fingerprint density at radius 3 is 2.61 bits per heavy atom. The van der Waals surface area contributed by atoms with Gasteiger partial charge >= 0.3 is 12.1 Å². The number of allylic oxidation sites excluding steroid dienone is 3. The zero-order chi connectivity index (χ0) is 25.9. The summed E-state index contributed by atoms with van der Waals surface area (Å²) in [6.07, 6.45) is 5.08. The molecule has 3 aromatic rings. The Bertz CT molecular complexity index is 1360. The highest BCUT2D eigenvalue weighted by Crippen LogP contribution is 2.34. The number of aryl methyl sites for hydroxylation is 1. The fourth-order valence-corrected chi connectivity index (χ4v) is 3.95. The van der Waals surface area contributed by atoms with Crippen LogP contribution in [0.15, 0.2) is 60.5 Å². The van der Waals surface area contributed by atoms with Gasteiger partial charge in [-0.1, -0.05) is 47.5 Å². The number of nitrogens with zero attached hydrogens (tertiary/aromatic N) is 5. The Kier molecular flexibility index (Phi) is 7.51. The number of nitrogens with one attached hydrogen (secondary N) is 2. The van der Waals surface area contributed by atoms with Crippen molar-refractivity contribution < 1.29 is 18.0 Å². The molecule has 0 fully saturated rings. The van der Waals surface area contributed by atoms with E-state index in [0.29, 0.717) is 38.3 Å². The Morgan fingerprint density at radius 2 is 1.89 bits per heavy atom. The SMILES string of the molecule is Cn1nc(Nc2c(Cl)cccc2Cl)c2cnc(NC3=C/C=C/CCN(C(=O)C(F)(F)F)C\C=C\3)nc21. The molecule has 1 amide bonds. The van der Waals surface area contributed by atoms with Crippen molar-refractivity contribution in [1.29, 1.82) is 0 Å². The third kappa shape index (κ3) is 5.80. The summed E-state index contributed by atoms with van der Waals surface area (Å²) in [5.41, 5.74) is 1.54. The molecule has 2 aromatic heterocycles. The first-order valence-corrected chi connectivity index (χ1v) is 11.5. The summed E-state index contributed by atoms with van der Waals surface area (Å²) < 4.78 is 40.1. The number of benzene rings is 1. The summed E-state index contributed by atoms with van der Waals surface area (Å²) in [5, 5.41) is 12.1. The maximum atomic E-state index is 12.8. The number of alkyl halides is 3. The summed E-state index contributed by atoms with van der Waals surface area (Å²) in [6, 6.07) is 5.13. The minimum Gasteiger partial charge on any atom is -0.336 e. The van der Waals surface area contributed by atoms with Gasteiger partial charge in [-0.15, -0.1) is 0 Å². The van der Waals surface area contributed by atoms with Crippen LogP contribution in [0.25, 0.3) is 11.0 Å². The quantitative estimate of drug-likeness (QED) is 0.449. The number of carbonyl (C=O) groups is 1. The predicted octanol–water partition coefficient (Wildman–Crippen LogP) is 5.62. The highest BCUT2D eigenvalue weighted by Gasteiger charge is 2.41. The monoisotopic (exact) mass is 537 g/mol. The summed E-state index contributed by atoms with van der Waals surface area (Å²) >= 11 is 12.5. The van der Waals surface area contributed by atoms with Crippen molar-refractivity contribution in [1.82, 2.24) is 24.6 Å². The van der Waals surface area contributed by atoms with Crippen LogP contribution < -0.4 is 10.6 Å². The summed E-state index contributed by atoms with van der Waals surface area (Å²) in [4.78, 5) is 21.2. The number of halogens is 5. The van der Waals surface area contributed by atoms with Gasteiger partial charge in [0, 0.05) is 32.0 Å². The second-order valence-electron chi connectivity index (χ2n) is 7.74. The lowest BCUT2D eigenvalue weighted by Crippen LogP contribution is -2.41. The molecule has 8 nitrogen and oxygen atoms in total. The Labute approximate surface area is 214 Å². The molecule has 188 valence electrons. The molecule has 3 heterocycles. The van der Waals surface area contributed by atoms with Crippen LogP contribution in [0.1, 0.15) is 6.42 Å². The Balaban J connectivity index is 1.55. The molecule has 0 unspecified atom stereocenters. The maximum Gasteiger partial charge on any atom is 0.471 e. The van der Waals surface area contributed by atoms with Crippen molar-refractivity contribution in [3.63, 3.8) is 0 Å². The van der Waals surface area contributed by atoms with Crippen LogP contribution in [0.3, 0.4) is 0 Å². The third-order valence-electron chi connectivity index (χ3n) is 5.17. The van der Waals surface area contributed by atoms with Crippen LogP contribution in [0.5, 0.6) is 0 Å². The summed E-state index contributed by atoms with van der Waals surface area (Å²) in [5.74, 6) is -1.16. The number of amides is 1.